The number of rotatable bonds is 10. The molecule has 2 heterocycles. The van der Waals surface area contributed by atoms with Crippen LogP contribution < -0.4 is 15.1 Å². The molecular weight excluding hydrogens is 450 g/mol. The van der Waals surface area contributed by atoms with Gasteiger partial charge in [0.05, 0.1) is 7.11 Å². The van der Waals surface area contributed by atoms with Gasteiger partial charge in [-0.3, -0.25) is 0 Å². The molecule has 0 aliphatic rings. The fraction of sp³-hybridized carbons (Fsp3) is 0.346. The molecule has 0 amide bonds. The zero-order valence-corrected chi connectivity index (χ0v) is 20.7. The summed E-state index contributed by atoms with van der Waals surface area (Å²) in [7, 11) is 1.59. The molecule has 4 rings (SSSR count). The summed E-state index contributed by atoms with van der Waals surface area (Å²) in [4.78, 5) is 12.1. The molecular formula is C26H29N3O4S. The molecule has 4 aromatic rings. The summed E-state index contributed by atoms with van der Waals surface area (Å²) in [5.41, 5.74) is 2.28. The van der Waals surface area contributed by atoms with Crippen molar-refractivity contribution in [3.8, 4) is 11.5 Å². The SMILES string of the molecule is CCc1ccc(OCc2nnc(SCc3cc(=O)oc4cc(OC)ccc34)n2CC(C)C)cc1. The van der Waals surface area contributed by atoms with Gasteiger partial charge in [0.15, 0.2) is 11.0 Å². The minimum Gasteiger partial charge on any atom is -0.497 e. The van der Waals surface area contributed by atoms with Crippen molar-refractivity contribution in [3.05, 3.63) is 75.9 Å². The van der Waals surface area contributed by atoms with Crippen LogP contribution in [-0.2, 0) is 25.3 Å². The molecule has 2 aromatic heterocycles. The summed E-state index contributed by atoms with van der Waals surface area (Å²) in [5.74, 6) is 3.20. The first-order valence-electron chi connectivity index (χ1n) is 11.3. The van der Waals surface area contributed by atoms with Crippen LogP contribution in [0.25, 0.3) is 11.0 Å². The summed E-state index contributed by atoms with van der Waals surface area (Å²) >= 11 is 1.55. The normalized spacial score (nSPS) is 11.3. The maximum absolute atomic E-state index is 12.1. The monoisotopic (exact) mass is 479 g/mol. The average molecular weight is 480 g/mol. The van der Waals surface area contributed by atoms with Gasteiger partial charge in [-0.1, -0.05) is 44.7 Å². The van der Waals surface area contributed by atoms with Gasteiger partial charge in [0.1, 0.15) is 23.7 Å². The molecule has 0 N–H and O–H groups in total. The second-order valence-corrected chi connectivity index (χ2v) is 9.37. The van der Waals surface area contributed by atoms with E-state index < -0.39 is 0 Å². The third-order valence-corrected chi connectivity index (χ3v) is 6.45. The number of benzene rings is 2. The summed E-state index contributed by atoms with van der Waals surface area (Å²) in [5, 5.41) is 10.5. The molecule has 8 heteroatoms. The highest BCUT2D eigenvalue weighted by Crippen LogP contribution is 2.28. The molecule has 0 unspecified atom stereocenters. The summed E-state index contributed by atoms with van der Waals surface area (Å²) in [6.07, 6.45) is 0.996. The molecule has 2 aromatic carbocycles. The second kappa shape index (κ2) is 10.8. The minimum absolute atomic E-state index is 0.337. The van der Waals surface area contributed by atoms with Crippen LogP contribution in [0.2, 0.25) is 0 Å². The number of hydrogen-bond donors (Lipinski definition) is 0. The lowest BCUT2D eigenvalue weighted by molar-refractivity contribution is 0.284. The highest BCUT2D eigenvalue weighted by atomic mass is 32.2. The molecule has 34 heavy (non-hydrogen) atoms. The van der Waals surface area contributed by atoms with Crippen LogP contribution in [0.3, 0.4) is 0 Å². The lowest BCUT2D eigenvalue weighted by atomic mass is 10.1. The predicted octanol–water partition coefficient (Wildman–Crippen LogP) is 5.48. The van der Waals surface area contributed by atoms with Crippen LogP contribution in [0.1, 0.15) is 37.7 Å². The van der Waals surface area contributed by atoms with E-state index in [4.69, 9.17) is 13.9 Å². The molecule has 0 spiro atoms. The van der Waals surface area contributed by atoms with Gasteiger partial charge in [-0.05, 0) is 47.7 Å². The van der Waals surface area contributed by atoms with E-state index in [1.807, 2.05) is 24.3 Å². The molecule has 0 atom stereocenters. The van der Waals surface area contributed by atoms with Crippen molar-refractivity contribution < 1.29 is 13.9 Å². The molecule has 7 nitrogen and oxygen atoms in total. The van der Waals surface area contributed by atoms with Crippen molar-refractivity contribution in [2.45, 2.75) is 51.3 Å². The van der Waals surface area contributed by atoms with Crippen LogP contribution in [0.5, 0.6) is 11.5 Å². The van der Waals surface area contributed by atoms with Crippen LogP contribution in [0.4, 0.5) is 0 Å². The van der Waals surface area contributed by atoms with E-state index >= 15 is 0 Å². The second-order valence-electron chi connectivity index (χ2n) is 8.43. The Kier molecular flexibility index (Phi) is 7.57. The molecule has 178 valence electrons. The quantitative estimate of drug-likeness (QED) is 0.220. The number of hydrogen-bond acceptors (Lipinski definition) is 7. The van der Waals surface area contributed by atoms with E-state index in [0.717, 1.165) is 40.6 Å². The molecule has 0 fully saturated rings. The Bertz CT molecular complexity index is 1310. The van der Waals surface area contributed by atoms with Gasteiger partial charge in [-0.15, -0.1) is 10.2 Å². The third-order valence-electron chi connectivity index (χ3n) is 5.43. The first-order chi connectivity index (χ1) is 16.5. The number of thioether (sulfide) groups is 1. The molecule has 0 aliphatic carbocycles. The summed E-state index contributed by atoms with van der Waals surface area (Å²) < 4.78 is 18.7. The highest BCUT2D eigenvalue weighted by Gasteiger charge is 2.16. The average Bonchev–Trinajstić information content (AvgIpc) is 3.21. The van der Waals surface area contributed by atoms with Crippen LogP contribution in [0.15, 0.2) is 62.9 Å². The fourth-order valence-electron chi connectivity index (χ4n) is 3.65. The van der Waals surface area contributed by atoms with E-state index in [2.05, 4.69) is 47.7 Å². The van der Waals surface area contributed by atoms with Crippen molar-refractivity contribution in [1.82, 2.24) is 14.8 Å². The number of aromatic nitrogens is 3. The number of methoxy groups -OCH3 is 1. The standard InChI is InChI=1S/C26H29N3O4S/c1-5-18-6-8-20(9-7-18)32-15-24-27-28-26(29(24)14-17(2)3)34-16-19-12-25(30)33-23-13-21(31-4)10-11-22(19)23/h6-13,17H,5,14-16H2,1-4H3. The molecule has 0 bridgehead atoms. The minimum atomic E-state index is -0.386. The van der Waals surface area contributed by atoms with Gasteiger partial charge in [-0.2, -0.15) is 0 Å². The maximum atomic E-state index is 12.1. The maximum Gasteiger partial charge on any atom is 0.336 e. The number of ether oxygens (including phenoxy) is 2. The van der Waals surface area contributed by atoms with Crippen LogP contribution >= 0.6 is 11.8 Å². The Labute approximate surface area is 203 Å². The summed E-state index contributed by atoms with van der Waals surface area (Å²) in [6.45, 7) is 7.56. The van der Waals surface area contributed by atoms with Crippen molar-refractivity contribution in [3.63, 3.8) is 0 Å². The predicted molar refractivity (Wildman–Crippen MR) is 134 cm³/mol. The Morgan fingerprint density at radius 2 is 1.82 bits per heavy atom. The Balaban J connectivity index is 1.54. The van der Waals surface area contributed by atoms with Crippen LogP contribution in [-0.4, -0.2) is 21.9 Å². The zero-order chi connectivity index (χ0) is 24.1. The summed E-state index contributed by atoms with van der Waals surface area (Å²) in [6, 6.07) is 15.2. The van der Waals surface area contributed by atoms with Gasteiger partial charge >= 0.3 is 5.63 Å². The zero-order valence-electron chi connectivity index (χ0n) is 19.9. The number of nitrogens with zero attached hydrogens (tertiary/aromatic N) is 3. The van der Waals surface area contributed by atoms with Crippen molar-refractivity contribution >= 4 is 22.7 Å². The third kappa shape index (κ3) is 5.62. The Hall–Kier alpha value is -3.26. The van der Waals surface area contributed by atoms with E-state index in [9.17, 15) is 4.79 Å². The molecule has 0 saturated carbocycles. The van der Waals surface area contributed by atoms with Crippen molar-refractivity contribution in [2.24, 2.45) is 5.92 Å². The molecule has 0 saturated heterocycles. The van der Waals surface area contributed by atoms with Crippen molar-refractivity contribution in [1.29, 1.82) is 0 Å². The Morgan fingerprint density at radius 3 is 2.53 bits per heavy atom. The van der Waals surface area contributed by atoms with E-state index in [-0.39, 0.29) is 5.63 Å². The topological polar surface area (TPSA) is 79.4 Å². The van der Waals surface area contributed by atoms with Gasteiger partial charge in [-0.25, -0.2) is 4.79 Å². The lowest BCUT2D eigenvalue weighted by Crippen LogP contribution is -2.12. The highest BCUT2D eigenvalue weighted by molar-refractivity contribution is 7.98. The van der Waals surface area contributed by atoms with E-state index in [1.165, 1.54) is 11.6 Å². The first-order valence-corrected chi connectivity index (χ1v) is 12.3. The largest absolute Gasteiger partial charge is 0.497 e. The van der Waals surface area contributed by atoms with Crippen LogP contribution in [0, 0.1) is 5.92 Å². The first kappa shape index (κ1) is 23.9. The smallest absolute Gasteiger partial charge is 0.336 e. The van der Waals surface area contributed by atoms with Crippen molar-refractivity contribution in [2.75, 3.05) is 7.11 Å². The van der Waals surface area contributed by atoms with E-state index in [0.29, 0.717) is 29.6 Å². The van der Waals surface area contributed by atoms with E-state index in [1.54, 1.807) is 24.9 Å². The van der Waals surface area contributed by atoms with Gasteiger partial charge in [0.2, 0.25) is 0 Å². The fourth-order valence-corrected chi connectivity index (χ4v) is 4.61. The number of fused-ring (bicyclic) bond motifs is 1. The van der Waals surface area contributed by atoms with Gasteiger partial charge in [0.25, 0.3) is 0 Å². The lowest BCUT2D eigenvalue weighted by Gasteiger charge is -2.13. The van der Waals surface area contributed by atoms with Gasteiger partial charge < -0.3 is 18.5 Å². The molecule has 0 aliphatic heterocycles. The Morgan fingerprint density at radius 1 is 1.06 bits per heavy atom. The number of aryl methyl sites for hydroxylation is 1. The molecule has 0 radical (unpaired) electrons. The van der Waals surface area contributed by atoms with Gasteiger partial charge in [0, 0.05) is 29.8 Å².